The van der Waals surface area contributed by atoms with Crippen LogP contribution < -0.4 is 5.73 Å². The summed E-state index contributed by atoms with van der Waals surface area (Å²) in [7, 11) is 0. The van der Waals surface area contributed by atoms with Crippen LogP contribution >= 0.6 is 11.8 Å². The Morgan fingerprint density at radius 2 is 1.80 bits per heavy atom. The van der Waals surface area contributed by atoms with Crippen LogP contribution in [0.4, 0.5) is 32.2 Å². The molecule has 158 valence electrons. The van der Waals surface area contributed by atoms with Crippen LogP contribution in [0.25, 0.3) is 11.0 Å². The molecule has 3 aromatic rings. The van der Waals surface area contributed by atoms with Gasteiger partial charge in [0.05, 0.1) is 23.4 Å². The molecule has 0 bridgehead atoms. The highest BCUT2D eigenvalue weighted by Gasteiger charge is 2.58. The van der Waals surface area contributed by atoms with E-state index in [0.717, 1.165) is 24.0 Å². The molecule has 0 aliphatic rings. The number of furan rings is 1. The number of rotatable bonds is 4. The molecule has 0 aromatic carbocycles. The Hall–Kier alpha value is -3.01. The molecule has 0 fully saturated rings. The molecule has 1 atom stereocenters. The Balaban J connectivity index is 2.00. The smallest absolute Gasteiger partial charge is 0.404 e. The Morgan fingerprint density at radius 3 is 2.40 bits per heavy atom. The van der Waals surface area contributed by atoms with E-state index in [4.69, 9.17) is 15.4 Å². The molecule has 2 N–H and O–H groups in total. The number of fused-ring (bicyclic) bond motifs is 1. The quantitative estimate of drug-likeness (QED) is 0.336. The number of alkyl halides is 6. The Morgan fingerprint density at radius 1 is 1.13 bits per heavy atom. The summed E-state index contributed by atoms with van der Waals surface area (Å²) in [5.74, 6) is -3.66. The Bertz CT molecular complexity index is 1110. The van der Waals surface area contributed by atoms with E-state index in [0.29, 0.717) is 6.26 Å². The third-order valence-corrected chi connectivity index (χ3v) is 5.01. The summed E-state index contributed by atoms with van der Waals surface area (Å²) in [5.41, 5.74) is 4.51. The van der Waals surface area contributed by atoms with Gasteiger partial charge in [-0.2, -0.15) is 31.6 Å². The van der Waals surface area contributed by atoms with Crippen molar-refractivity contribution in [1.29, 1.82) is 5.26 Å². The largest absolute Gasteiger partial charge is 0.462 e. The predicted molar refractivity (Wildman–Crippen MR) is 94.3 cm³/mol. The number of aromatic nitrogens is 3. The third kappa shape index (κ3) is 4.43. The number of nitrogens with two attached hydrogens (primary N) is 1. The predicted octanol–water partition coefficient (Wildman–Crippen LogP) is 5.13. The second-order valence-corrected chi connectivity index (χ2v) is 7.45. The van der Waals surface area contributed by atoms with E-state index >= 15 is 0 Å². The van der Waals surface area contributed by atoms with Crippen LogP contribution in [0.1, 0.15) is 35.0 Å². The standard InChI is InChI=1S/C17H11F6N5OS/c1-7(30-15-27-8(4-24)2-13(25)28-15)11-3-9-10(6-29-12(9)5-26-11)14(16(18,19)20)17(21,22)23/h2-3,5-7,14H,1H3,(H2,25,27,28). The minimum absolute atomic E-state index is 0.0101. The zero-order valence-corrected chi connectivity index (χ0v) is 15.7. The maximum atomic E-state index is 13.1. The lowest BCUT2D eigenvalue weighted by atomic mass is 9.97. The first-order valence-corrected chi connectivity index (χ1v) is 9.00. The molecular formula is C17H11F6N5OS. The number of halogens is 6. The van der Waals surface area contributed by atoms with Gasteiger partial charge in [0.15, 0.2) is 16.7 Å². The van der Waals surface area contributed by atoms with Gasteiger partial charge in [-0.25, -0.2) is 9.97 Å². The number of nitrogen functional groups attached to an aromatic ring is 1. The summed E-state index contributed by atoms with van der Waals surface area (Å²) in [5, 5.41) is 8.11. The van der Waals surface area contributed by atoms with Crippen molar-refractivity contribution in [2.24, 2.45) is 0 Å². The summed E-state index contributed by atoms with van der Waals surface area (Å²) < 4.78 is 83.6. The van der Waals surface area contributed by atoms with Gasteiger partial charge in [0, 0.05) is 17.0 Å². The highest BCUT2D eigenvalue weighted by atomic mass is 32.2. The summed E-state index contributed by atoms with van der Waals surface area (Å²) in [6, 6.07) is 4.16. The second kappa shape index (κ2) is 7.67. The molecular weight excluding hydrogens is 436 g/mol. The van der Waals surface area contributed by atoms with Gasteiger partial charge in [0.25, 0.3) is 0 Å². The average Bonchev–Trinajstić information content (AvgIpc) is 3.01. The van der Waals surface area contributed by atoms with Gasteiger partial charge >= 0.3 is 12.4 Å². The molecule has 3 aromatic heterocycles. The first-order valence-electron chi connectivity index (χ1n) is 8.12. The van der Waals surface area contributed by atoms with Crippen LogP contribution in [-0.2, 0) is 0 Å². The van der Waals surface area contributed by atoms with Crippen molar-refractivity contribution in [2.45, 2.75) is 35.6 Å². The average molecular weight is 447 g/mol. The van der Waals surface area contributed by atoms with Gasteiger partial charge in [-0.15, -0.1) is 0 Å². The molecule has 3 rings (SSSR count). The number of hydrogen-bond acceptors (Lipinski definition) is 7. The van der Waals surface area contributed by atoms with E-state index in [9.17, 15) is 26.3 Å². The molecule has 0 saturated heterocycles. The molecule has 0 saturated carbocycles. The lowest BCUT2D eigenvalue weighted by molar-refractivity contribution is -0.253. The Labute approximate surface area is 169 Å². The van der Waals surface area contributed by atoms with E-state index in [2.05, 4.69) is 15.0 Å². The first-order chi connectivity index (χ1) is 13.9. The zero-order valence-electron chi connectivity index (χ0n) is 14.9. The summed E-state index contributed by atoms with van der Waals surface area (Å²) in [6.45, 7) is 1.60. The van der Waals surface area contributed by atoms with Gasteiger partial charge in [-0.1, -0.05) is 11.8 Å². The number of nitrogens with zero attached hydrogens (tertiary/aromatic N) is 4. The van der Waals surface area contributed by atoms with Gasteiger partial charge in [0.1, 0.15) is 17.6 Å². The maximum Gasteiger partial charge on any atom is 0.404 e. The minimum Gasteiger partial charge on any atom is -0.462 e. The lowest BCUT2D eigenvalue weighted by Crippen LogP contribution is -2.33. The highest BCUT2D eigenvalue weighted by molar-refractivity contribution is 7.99. The highest BCUT2D eigenvalue weighted by Crippen LogP contribution is 2.49. The molecule has 0 aliphatic heterocycles. The van der Waals surface area contributed by atoms with Crippen molar-refractivity contribution < 1.29 is 30.8 Å². The summed E-state index contributed by atoms with van der Waals surface area (Å²) in [6.07, 6.45) is -9.61. The van der Waals surface area contributed by atoms with E-state index in [-0.39, 0.29) is 33.3 Å². The molecule has 0 spiro atoms. The molecule has 0 amide bonds. The van der Waals surface area contributed by atoms with Crippen LogP contribution in [0.5, 0.6) is 0 Å². The molecule has 13 heteroatoms. The van der Waals surface area contributed by atoms with E-state index in [1.54, 1.807) is 13.0 Å². The van der Waals surface area contributed by atoms with E-state index < -0.39 is 29.1 Å². The van der Waals surface area contributed by atoms with Gasteiger partial charge in [0.2, 0.25) is 0 Å². The van der Waals surface area contributed by atoms with Crippen LogP contribution in [0.3, 0.4) is 0 Å². The molecule has 0 radical (unpaired) electrons. The Kier molecular flexibility index (Phi) is 5.55. The molecule has 0 aliphatic carbocycles. The van der Waals surface area contributed by atoms with E-state index in [1.807, 2.05) is 0 Å². The van der Waals surface area contributed by atoms with Crippen molar-refractivity contribution in [3.05, 3.63) is 41.5 Å². The van der Waals surface area contributed by atoms with Crippen molar-refractivity contribution >= 4 is 28.5 Å². The summed E-state index contributed by atoms with van der Waals surface area (Å²) in [4.78, 5) is 11.9. The fourth-order valence-electron chi connectivity index (χ4n) is 2.72. The number of thioether (sulfide) groups is 1. The maximum absolute atomic E-state index is 13.1. The number of nitriles is 1. The number of pyridine rings is 1. The van der Waals surface area contributed by atoms with Gasteiger partial charge in [-0.05, 0) is 13.0 Å². The van der Waals surface area contributed by atoms with Crippen molar-refractivity contribution in [3.63, 3.8) is 0 Å². The van der Waals surface area contributed by atoms with Gasteiger partial charge < -0.3 is 10.2 Å². The van der Waals surface area contributed by atoms with Crippen LogP contribution in [0.15, 0.2) is 34.2 Å². The molecule has 30 heavy (non-hydrogen) atoms. The molecule has 3 heterocycles. The number of hydrogen-bond donors (Lipinski definition) is 1. The van der Waals surface area contributed by atoms with Crippen LogP contribution in [0.2, 0.25) is 0 Å². The van der Waals surface area contributed by atoms with Crippen molar-refractivity contribution in [3.8, 4) is 6.07 Å². The number of anilines is 1. The third-order valence-electron chi connectivity index (χ3n) is 4.02. The lowest BCUT2D eigenvalue weighted by Gasteiger charge is -2.22. The van der Waals surface area contributed by atoms with Crippen LogP contribution in [0, 0.1) is 11.3 Å². The second-order valence-electron chi connectivity index (χ2n) is 6.15. The monoisotopic (exact) mass is 447 g/mol. The zero-order chi connectivity index (χ0) is 22.3. The minimum atomic E-state index is -5.55. The van der Waals surface area contributed by atoms with Crippen molar-refractivity contribution in [2.75, 3.05) is 5.73 Å². The van der Waals surface area contributed by atoms with E-state index in [1.165, 1.54) is 6.07 Å². The molecule has 1 unspecified atom stereocenters. The van der Waals surface area contributed by atoms with Crippen molar-refractivity contribution in [1.82, 2.24) is 15.0 Å². The van der Waals surface area contributed by atoms with Crippen LogP contribution in [-0.4, -0.2) is 27.3 Å². The topological polar surface area (TPSA) is 102 Å². The normalized spacial score (nSPS) is 13.6. The molecule has 6 nitrogen and oxygen atoms in total. The summed E-state index contributed by atoms with van der Waals surface area (Å²) >= 11 is 0.986. The van der Waals surface area contributed by atoms with Gasteiger partial charge in [-0.3, -0.25) is 4.98 Å². The first kappa shape index (κ1) is 21.7. The SMILES string of the molecule is CC(Sc1nc(N)cc(C#N)n1)c1cc2c(C(C(F)(F)F)C(F)(F)F)coc2cn1. The fourth-order valence-corrected chi connectivity index (χ4v) is 3.60. The fraction of sp³-hybridized carbons (Fsp3) is 0.294.